The molecule has 0 saturated carbocycles. The molecule has 0 saturated heterocycles. The first kappa shape index (κ1) is 11.2. The molecule has 2 aromatic rings. The summed E-state index contributed by atoms with van der Waals surface area (Å²) in [4.78, 5) is 8.73. The molecule has 0 radical (unpaired) electrons. The molecule has 3 heteroatoms. The van der Waals surface area contributed by atoms with Crippen LogP contribution in [0, 0.1) is 6.92 Å². The van der Waals surface area contributed by atoms with E-state index in [0.717, 1.165) is 18.5 Å². The van der Waals surface area contributed by atoms with Crippen molar-refractivity contribution in [2.24, 2.45) is 0 Å². The predicted molar refractivity (Wildman–Crippen MR) is 72.5 cm³/mol. The highest BCUT2D eigenvalue weighted by Crippen LogP contribution is 2.31. The topological polar surface area (TPSA) is 37.8 Å². The van der Waals surface area contributed by atoms with Gasteiger partial charge in [0.1, 0.15) is 0 Å². The fourth-order valence-electron chi connectivity index (χ4n) is 2.55. The molecule has 0 spiro atoms. The first-order chi connectivity index (χ1) is 8.84. The highest BCUT2D eigenvalue weighted by Gasteiger charge is 2.21. The Labute approximate surface area is 107 Å². The second kappa shape index (κ2) is 4.77. The lowest BCUT2D eigenvalue weighted by atomic mass is 9.91. The molecule has 18 heavy (non-hydrogen) atoms. The lowest BCUT2D eigenvalue weighted by molar-refractivity contribution is 0.583. The molecule has 0 amide bonds. The molecule has 1 aliphatic rings. The predicted octanol–water partition coefficient (Wildman–Crippen LogP) is 3.27. The van der Waals surface area contributed by atoms with Gasteiger partial charge in [-0.2, -0.15) is 0 Å². The number of hydrogen-bond donors (Lipinski definition) is 1. The summed E-state index contributed by atoms with van der Waals surface area (Å²) in [7, 11) is 0. The molecule has 3 rings (SSSR count). The molecule has 1 unspecified atom stereocenters. The average Bonchev–Trinajstić information content (AvgIpc) is 2.42. The smallest absolute Gasteiger partial charge is 0.0688 e. The zero-order valence-corrected chi connectivity index (χ0v) is 10.6. The van der Waals surface area contributed by atoms with Gasteiger partial charge in [0.2, 0.25) is 0 Å². The highest BCUT2D eigenvalue weighted by atomic mass is 15.0. The van der Waals surface area contributed by atoms with Crippen LogP contribution in [0.1, 0.15) is 35.7 Å². The number of pyridine rings is 2. The van der Waals surface area contributed by atoms with E-state index in [1.165, 1.54) is 23.2 Å². The van der Waals surface area contributed by atoms with Crippen LogP contribution in [-0.2, 0) is 6.42 Å². The van der Waals surface area contributed by atoms with Crippen molar-refractivity contribution in [1.29, 1.82) is 0 Å². The van der Waals surface area contributed by atoms with Crippen molar-refractivity contribution < 1.29 is 0 Å². The molecule has 1 aliphatic carbocycles. The first-order valence-corrected chi connectivity index (χ1v) is 6.45. The molecule has 0 aliphatic heterocycles. The summed E-state index contributed by atoms with van der Waals surface area (Å²) < 4.78 is 0. The summed E-state index contributed by atoms with van der Waals surface area (Å²) >= 11 is 0. The van der Waals surface area contributed by atoms with Gasteiger partial charge in [0.25, 0.3) is 0 Å². The Morgan fingerprint density at radius 2 is 2.22 bits per heavy atom. The zero-order chi connectivity index (χ0) is 12.4. The third-order valence-corrected chi connectivity index (χ3v) is 3.56. The number of anilines is 1. The number of nitrogens with one attached hydrogen (secondary N) is 1. The standard InChI is InChI=1S/C15H17N3/c1-11-7-9-16-10-14(11)18-13-6-2-4-12-5-3-8-17-15(12)13/h3,5,7-10,13,18H,2,4,6H2,1H3. The average molecular weight is 239 g/mol. The van der Waals surface area contributed by atoms with Crippen LogP contribution in [0.25, 0.3) is 0 Å². The highest BCUT2D eigenvalue weighted by molar-refractivity contribution is 5.50. The second-order valence-corrected chi connectivity index (χ2v) is 4.83. The molecule has 0 aromatic carbocycles. The van der Waals surface area contributed by atoms with Crippen molar-refractivity contribution in [2.75, 3.05) is 5.32 Å². The van der Waals surface area contributed by atoms with E-state index < -0.39 is 0 Å². The van der Waals surface area contributed by atoms with Crippen LogP contribution >= 0.6 is 0 Å². The largest absolute Gasteiger partial charge is 0.375 e. The molecule has 2 aromatic heterocycles. The molecule has 3 nitrogen and oxygen atoms in total. The fraction of sp³-hybridized carbons (Fsp3) is 0.333. The van der Waals surface area contributed by atoms with Gasteiger partial charge in [0.15, 0.2) is 0 Å². The number of fused-ring (bicyclic) bond motifs is 1. The molecule has 2 heterocycles. The minimum Gasteiger partial charge on any atom is -0.375 e. The van der Waals surface area contributed by atoms with Crippen LogP contribution in [-0.4, -0.2) is 9.97 Å². The maximum atomic E-state index is 4.54. The summed E-state index contributed by atoms with van der Waals surface area (Å²) in [5.74, 6) is 0. The van der Waals surface area contributed by atoms with Gasteiger partial charge in [0.05, 0.1) is 23.6 Å². The molecule has 1 atom stereocenters. The second-order valence-electron chi connectivity index (χ2n) is 4.83. The van der Waals surface area contributed by atoms with Crippen molar-refractivity contribution in [3.05, 3.63) is 53.6 Å². The molecule has 1 N–H and O–H groups in total. The zero-order valence-electron chi connectivity index (χ0n) is 10.6. The van der Waals surface area contributed by atoms with Gasteiger partial charge < -0.3 is 5.32 Å². The quantitative estimate of drug-likeness (QED) is 0.874. The van der Waals surface area contributed by atoms with E-state index in [1.807, 2.05) is 30.7 Å². The Bertz CT molecular complexity index is 551. The Kier molecular flexibility index (Phi) is 2.97. The fourth-order valence-corrected chi connectivity index (χ4v) is 2.55. The summed E-state index contributed by atoms with van der Waals surface area (Å²) in [6, 6.07) is 6.56. The van der Waals surface area contributed by atoms with Gasteiger partial charge in [-0.3, -0.25) is 9.97 Å². The maximum absolute atomic E-state index is 4.54. The number of aryl methyl sites for hydroxylation is 2. The van der Waals surface area contributed by atoms with Crippen molar-refractivity contribution in [1.82, 2.24) is 9.97 Å². The molecule has 0 bridgehead atoms. The lowest BCUT2D eigenvalue weighted by Crippen LogP contribution is -2.19. The molecule has 0 fully saturated rings. The van der Waals surface area contributed by atoms with E-state index in [9.17, 15) is 0 Å². The van der Waals surface area contributed by atoms with E-state index >= 15 is 0 Å². The van der Waals surface area contributed by atoms with E-state index in [2.05, 4.69) is 28.3 Å². The summed E-state index contributed by atoms with van der Waals surface area (Å²) in [6.45, 7) is 2.10. The Morgan fingerprint density at radius 3 is 3.11 bits per heavy atom. The van der Waals surface area contributed by atoms with Crippen LogP contribution < -0.4 is 5.32 Å². The van der Waals surface area contributed by atoms with Gasteiger partial charge >= 0.3 is 0 Å². The van der Waals surface area contributed by atoms with Crippen molar-refractivity contribution in [3.63, 3.8) is 0 Å². The van der Waals surface area contributed by atoms with Gasteiger partial charge in [-0.1, -0.05) is 6.07 Å². The van der Waals surface area contributed by atoms with Crippen LogP contribution in [0.2, 0.25) is 0 Å². The third kappa shape index (κ3) is 2.08. The first-order valence-electron chi connectivity index (χ1n) is 6.45. The Balaban J connectivity index is 1.89. The monoisotopic (exact) mass is 239 g/mol. The minimum absolute atomic E-state index is 0.317. The van der Waals surface area contributed by atoms with Gasteiger partial charge in [-0.05, 0) is 49.4 Å². The summed E-state index contributed by atoms with van der Waals surface area (Å²) in [5.41, 5.74) is 4.92. The molecular formula is C15H17N3. The number of nitrogens with zero attached hydrogens (tertiary/aromatic N) is 2. The number of aromatic nitrogens is 2. The van der Waals surface area contributed by atoms with Gasteiger partial charge in [0, 0.05) is 12.4 Å². The van der Waals surface area contributed by atoms with E-state index in [0.29, 0.717) is 6.04 Å². The van der Waals surface area contributed by atoms with Crippen molar-refractivity contribution >= 4 is 5.69 Å². The van der Waals surface area contributed by atoms with Gasteiger partial charge in [-0.25, -0.2) is 0 Å². The van der Waals surface area contributed by atoms with E-state index in [-0.39, 0.29) is 0 Å². The Hall–Kier alpha value is -1.90. The van der Waals surface area contributed by atoms with E-state index in [4.69, 9.17) is 0 Å². The minimum atomic E-state index is 0.317. The van der Waals surface area contributed by atoms with Crippen LogP contribution in [0.4, 0.5) is 5.69 Å². The van der Waals surface area contributed by atoms with Crippen molar-refractivity contribution in [2.45, 2.75) is 32.2 Å². The van der Waals surface area contributed by atoms with Crippen LogP contribution in [0.15, 0.2) is 36.8 Å². The third-order valence-electron chi connectivity index (χ3n) is 3.56. The number of rotatable bonds is 2. The van der Waals surface area contributed by atoms with Gasteiger partial charge in [-0.15, -0.1) is 0 Å². The van der Waals surface area contributed by atoms with Crippen LogP contribution in [0.3, 0.4) is 0 Å². The summed E-state index contributed by atoms with van der Waals surface area (Å²) in [6.07, 6.45) is 9.11. The maximum Gasteiger partial charge on any atom is 0.0688 e. The molecule has 92 valence electrons. The SMILES string of the molecule is Cc1ccncc1NC1CCCc2cccnc21. The Morgan fingerprint density at radius 1 is 1.28 bits per heavy atom. The lowest BCUT2D eigenvalue weighted by Gasteiger charge is -2.26. The number of hydrogen-bond acceptors (Lipinski definition) is 3. The van der Waals surface area contributed by atoms with Crippen LogP contribution in [0.5, 0.6) is 0 Å². The van der Waals surface area contributed by atoms with E-state index in [1.54, 1.807) is 0 Å². The van der Waals surface area contributed by atoms with Crippen molar-refractivity contribution in [3.8, 4) is 0 Å². The summed E-state index contributed by atoms with van der Waals surface area (Å²) in [5, 5.41) is 3.58. The normalized spacial score (nSPS) is 18.2. The molecular weight excluding hydrogens is 222 g/mol.